The lowest BCUT2D eigenvalue weighted by Crippen LogP contribution is -2.50. The van der Waals surface area contributed by atoms with Crippen molar-refractivity contribution in [3.8, 4) is 11.5 Å². The van der Waals surface area contributed by atoms with Crippen LogP contribution in [0.4, 0.5) is 0 Å². The van der Waals surface area contributed by atoms with Crippen molar-refractivity contribution in [2.24, 2.45) is 21.7 Å². The maximum absolute atomic E-state index is 13.8. The Morgan fingerprint density at radius 1 is 0.591 bits per heavy atom. The maximum Gasteiger partial charge on any atom is 0.356 e. The fraction of sp³-hybridized carbons (Fsp3) is 0.556. The summed E-state index contributed by atoms with van der Waals surface area (Å²) in [4.78, 5) is 53.1. The molecule has 0 unspecified atom stereocenters. The van der Waals surface area contributed by atoms with Gasteiger partial charge in [0.25, 0.3) is 0 Å². The van der Waals surface area contributed by atoms with Crippen molar-refractivity contribution >= 4 is 23.9 Å². The molecule has 0 spiro atoms. The van der Waals surface area contributed by atoms with Gasteiger partial charge in [0.2, 0.25) is 11.2 Å². The highest BCUT2D eigenvalue weighted by Gasteiger charge is 2.77. The molecule has 0 radical (unpaired) electrons. The molecule has 2 aromatic carbocycles. The molecule has 8 aliphatic rings. The molecule has 0 amide bonds. The molecule has 4 fully saturated rings. The van der Waals surface area contributed by atoms with E-state index in [1.165, 1.54) is 0 Å². The molecule has 8 bridgehead atoms. The number of carbonyl (C=O) groups excluding carboxylic acids is 4. The minimum atomic E-state index is -1.30. The Bertz CT molecular complexity index is 1530. The normalized spacial score (nSPS) is 33.9. The van der Waals surface area contributed by atoms with E-state index in [0.717, 1.165) is 22.3 Å². The van der Waals surface area contributed by atoms with E-state index in [1.807, 2.05) is 77.9 Å². The molecule has 0 aromatic heterocycles. The van der Waals surface area contributed by atoms with Crippen molar-refractivity contribution < 1.29 is 38.1 Å². The van der Waals surface area contributed by atoms with Crippen LogP contribution >= 0.6 is 0 Å². The number of rotatable bonds is 4. The van der Waals surface area contributed by atoms with Crippen LogP contribution in [0.5, 0.6) is 11.5 Å². The third-order valence-electron chi connectivity index (χ3n) is 12.9. The average Bonchev–Trinajstić information content (AvgIpc) is 3.43. The van der Waals surface area contributed by atoms with Crippen molar-refractivity contribution in [3.63, 3.8) is 0 Å². The molecule has 2 saturated heterocycles. The molecule has 4 atom stereocenters. The van der Waals surface area contributed by atoms with E-state index in [-0.39, 0.29) is 11.9 Å². The van der Waals surface area contributed by atoms with Gasteiger partial charge in [0.05, 0.1) is 10.8 Å². The van der Waals surface area contributed by atoms with Gasteiger partial charge in [-0.1, -0.05) is 52.0 Å². The van der Waals surface area contributed by atoms with E-state index in [2.05, 4.69) is 0 Å². The standard InChI is InChI=1S/C36H40O8/c1-31(2)33(5)15-17-35(31,43-27(33)37)29(39)41-25-19-21-7-11-23(25)13-9-22-8-12-24(14-10-21)26(20-22)42-30(40)36-18-16-34(6,28(38)44-36)32(36,3)4/h7-8,11-12,19-20H,9-10,13-18H2,1-6H3/t33-,34-,35+,36+/m0/s1. The largest absolute Gasteiger partial charge is 0.446 e. The Hall–Kier alpha value is -3.68. The topological polar surface area (TPSA) is 105 Å². The zero-order valence-electron chi connectivity index (χ0n) is 26.4. The van der Waals surface area contributed by atoms with Gasteiger partial charge in [0.1, 0.15) is 11.5 Å². The highest BCUT2D eigenvalue weighted by molar-refractivity contribution is 5.95. The van der Waals surface area contributed by atoms with Crippen molar-refractivity contribution in [1.82, 2.24) is 0 Å². The number of esters is 4. The number of hydrogen-bond acceptors (Lipinski definition) is 8. The van der Waals surface area contributed by atoms with Crippen LogP contribution in [0.1, 0.15) is 89.5 Å². The minimum Gasteiger partial charge on any atom is -0.446 e. The third-order valence-corrected chi connectivity index (χ3v) is 12.9. The Kier molecular flexibility index (Phi) is 5.91. The number of carbonyl (C=O) groups is 4. The quantitative estimate of drug-likeness (QED) is 0.329. The summed E-state index contributed by atoms with van der Waals surface area (Å²) in [6.45, 7) is 11.4. The maximum atomic E-state index is 13.8. The summed E-state index contributed by atoms with van der Waals surface area (Å²) in [5.41, 5.74) is -1.75. The first-order valence-corrected chi connectivity index (χ1v) is 15.8. The van der Waals surface area contributed by atoms with Gasteiger partial charge in [-0.3, -0.25) is 9.59 Å². The summed E-state index contributed by atoms with van der Waals surface area (Å²) >= 11 is 0. The zero-order valence-corrected chi connectivity index (χ0v) is 26.4. The second-order valence-electron chi connectivity index (χ2n) is 15.0. The smallest absolute Gasteiger partial charge is 0.356 e. The van der Waals surface area contributed by atoms with Gasteiger partial charge in [-0.2, -0.15) is 0 Å². The van der Waals surface area contributed by atoms with Gasteiger partial charge in [0.15, 0.2) is 0 Å². The SMILES string of the molecule is CC1(C)[C@@]2(C)CC[C@]1(C(=O)Oc1cc3ccc1CCc1ccc(c(OC(=O)[C@@]45CC[C@@](C)(C(=O)O4)C5(C)C)c1)CC3)OC2=O. The molecule has 2 aliphatic heterocycles. The van der Waals surface area contributed by atoms with Gasteiger partial charge in [-0.15, -0.1) is 0 Å². The molecule has 232 valence electrons. The van der Waals surface area contributed by atoms with Crippen LogP contribution in [0.2, 0.25) is 0 Å². The molecule has 8 heteroatoms. The lowest BCUT2D eigenvalue weighted by atomic mass is 9.66. The average molecular weight is 601 g/mol. The first-order chi connectivity index (χ1) is 20.6. The van der Waals surface area contributed by atoms with E-state index in [4.69, 9.17) is 18.9 Å². The number of benzene rings is 2. The Morgan fingerprint density at radius 2 is 0.977 bits per heavy atom. The Balaban J connectivity index is 1.14. The van der Waals surface area contributed by atoms with Gasteiger partial charge in [0, 0.05) is 10.8 Å². The molecular formula is C36H40O8. The van der Waals surface area contributed by atoms with E-state index < -0.39 is 44.8 Å². The second kappa shape index (κ2) is 8.95. The van der Waals surface area contributed by atoms with Crippen molar-refractivity contribution in [3.05, 3.63) is 58.7 Å². The van der Waals surface area contributed by atoms with Crippen LogP contribution in [0, 0.1) is 21.7 Å². The van der Waals surface area contributed by atoms with E-state index in [9.17, 15) is 19.2 Å². The van der Waals surface area contributed by atoms with Crippen LogP contribution in [-0.4, -0.2) is 35.1 Å². The van der Waals surface area contributed by atoms with Gasteiger partial charge < -0.3 is 18.9 Å². The van der Waals surface area contributed by atoms with Gasteiger partial charge in [-0.05, 0) is 99.6 Å². The molecular weight excluding hydrogens is 560 g/mol. The summed E-state index contributed by atoms with van der Waals surface area (Å²) in [5.74, 6) is -0.722. The molecule has 2 aromatic rings. The highest BCUT2D eigenvalue weighted by Crippen LogP contribution is 2.67. The Morgan fingerprint density at radius 3 is 1.30 bits per heavy atom. The van der Waals surface area contributed by atoms with Crippen LogP contribution in [0.15, 0.2) is 36.4 Å². The van der Waals surface area contributed by atoms with Crippen molar-refractivity contribution in [1.29, 1.82) is 0 Å². The van der Waals surface area contributed by atoms with Gasteiger partial charge >= 0.3 is 23.9 Å². The molecule has 8 nitrogen and oxygen atoms in total. The van der Waals surface area contributed by atoms with E-state index in [1.54, 1.807) is 0 Å². The van der Waals surface area contributed by atoms with Crippen molar-refractivity contribution in [2.45, 2.75) is 104 Å². The molecule has 2 saturated carbocycles. The van der Waals surface area contributed by atoms with E-state index in [0.29, 0.717) is 62.9 Å². The summed E-state index contributed by atoms with van der Waals surface area (Å²) in [6.07, 6.45) is 4.45. The van der Waals surface area contributed by atoms with Crippen LogP contribution in [0.25, 0.3) is 0 Å². The monoisotopic (exact) mass is 600 g/mol. The molecule has 0 N–H and O–H groups in total. The summed E-state index contributed by atoms with van der Waals surface area (Å²) < 4.78 is 23.8. The molecule has 6 aliphatic carbocycles. The summed E-state index contributed by atoms with van der Waals surface area (Å²) in [7, 11) is 0. The number of hydrogen-bond donors (Lipinski definition) is 0. The predicted octanol–water partition coefficient (Wildman–Crippen LogP) is 5.63. The minimum absolute atomic E-state index is 0.336. The number of fused-ring (bicyclic) bond motifs is 4. The fourth-order valence-corrected chi connectivity index (χ4v) is 8.44. The predicted molar refractivity (Wildman–Crippen MR) is 159 cm³/mol. The molecule has 2 heterocycles. The third kappa shape index (κ3) is 3.45. The van der Waals surface area contributed by atoms with Crippen molar-refractivity contribution in [2.75, 3.05) is 0 Å². The zero-order chi connectivity index (χ0) is 31.5. The first kappa shape index (κ1) is 29.1. The summed E-state index contributed by atoms with van der Waals surface area (Å²) in [6, 6.07) is 11.9. The van der Waals surface area contributed by atoms with Gasteiger partial charge in [-0.25, -0.2) is 9.59 Å². The van der Waals surface area contributed by atoms with Crippen LogP contribution in [0.3, 0.4) is 0 Å². The summed E-state index contributed by atoms with van der Waals surface area (Å²) in [5, 5.41) is 0. The molecule has 44 heavy (non-hydrogen) atoms. The first-order valence-electron chi connectivity index (χ1n) is 15.8. The van der Waals surface area contributed by atoms with Crippen LogP contribution in [-0.2, 0) is 54.3 Å². The van der Waals surface area contributed by atoms with Crippen LogP contribution < -0.4 is 9.47 Å². The number of ether oxygens (including phenoxy) is 4. The fourth-order valence-electron chi connectivity index (χ4n) is 8.44. The number of aryl methyl sites for hydroxylation is 4. The Labute approximate surface area is 257 Å². The molecule has 10 rings (SSSR count). The van der Waals surface area contributed by atoms with E-state index >= 15 is 0 Å². The highest BCUT2D eigenvalue weighted by atomic mass is 16.6. The lowest BCUT2D eigenvalue weighted by molar-refractivity contribution is -0.176. The lowest BCUT2D eigenvalue weighted by Gasteiger charge is -2.34. The second-order valence-corrected chi connectivity index (χ2v) is 15.0.